The Labute approximate surface area is 176 Å². The van der Waals surface area contributed by atoms with Crippen molar-refractivity contribution in [1.29, 1.82) is 0 Å². The smallest absolute Gasteiger partial charge is 0.285 e. The van der Waals surface area contributed by atoms with Crippen LogP contribution in [-0.2, 0) is 11.3 Å². The zero-order chi connectivity index (χ0) is 22.4. The molecule has 0 atom stereocenters. The van der Waals surface area contributed by atoms with E-state index in [1.165, 1.54) is 31.4 Å². The number of ether oxygens (including phenoxy) is 1. The first kappa shape index (κ1) is 21.2. The van der Waals surface area contributed by atoms with Gasteiger partial charge in [0.1, 0.15) is 12.3 Å². The van der Waals surface area contributed by atoms with Crippen molar-refractivity contribution in [3.63, 3.8) is 0 Å². The van der Waals surface area contributed by atoms with Crippen molar-refractivity contribution in [3.8, 4) is 5.75 Å². The second-order valence-corrected chi connectivity index (χ2v) is 6.39. The Kier molecular flexibility index (Phi) is 6.41. The summed E-state index contributed by atoms with van der Waals surface area (Å²) >= 11 is 0. The van der Waals surface area contributed by atoms with Gasteiger partial charge in [0.05, 0.1) is 23.9 Å². The summed E-state index contributed by atoms with van der Waals surface area (Å²) in [7, 11) is 1.50. The predicted molar refractivity (Wildman–Crippen MR) is 113 cm³/mol. The van der Waals surface area contributed by atoms with Gasteiger partial charge in [0, 0.05) is 23.4 Å². The Bertz CT molecular complexity index is 1190. The molecule has 3 rings (SSSR count). The molecule has 2 aromatic carbocycles. The molecule has 2 amide bonds. The second-order valence-electron chi connectivity index (χ2n) is 6.39. The molecule has 0 aliphatic heterocycles. The van der Waals surface area contributed by atoms with Gasteiger partial charge in [-0.25, -0.2) is 0 Å². The maximum atomic E-state index is 12.4. The number of anilines is 2. The number of carbonyl (C=O) groups is 2. The zero-order valence-electron chi connectivity index (χ0n) is 16.4. The Balaban J connectivity index is 1.64. The van der Waals surface area contributed by atoms with Gasteiger partial charge in [0.25, 0.3) is 17.2 Å². The zero-order valence-corrected chi connectivity index (χ0v) is 16.4. The van der Waals surface area contributed by atoms with E-state index in [-0.39, 0.29) is 11.6 Å². The molecule has 0 aliphatic rings. The van der Waals surface area contributed by atoms with Crippen LogP contribution in [0.3, 0.4) is 0 Å². The summed E-state index contributed by atoms with van der Waals surface area (Å²) in [5.41, 5.74) is 0.452. The lowest BCUT2D eigenvalue weighted by Gasteiger charge is -2.10. The van der Waals surface area contributed by atoms with Crippen molar-refractivity contribution in [2.75, 3.05) is 17.7 Å². The molecule has 2 N–H and O–H groups in total. The molecule has 10 heteroatoms. The molecular formula is C21H18N4O6. The number of pyridine rings is 1. The minimum atomic E-state index is -0.650. The predicted octanol–water partition coefficient (Wildman–Crippen LogP) is 2.66. The minimum Gasteiger partial charge on any atom is -0.495 e. The molecule has 31 heavy (non-hydrogen) atoms. The first-order chi connectivity index (χ1) is 14.9. The van der Waals surface area contributed by atoms with Crippen molar-refractivity contribution in [2.45, 2.75) is 6.54 Å². The molecule has 0 bridgehead atoms. The molecule has 1 aromatic heterocycles. The van der Waals surface area contributed by atoms with Crippen LogP contribution in [-0.4, -0.2) is 28.4 Å². The van der Waals surface area contributed by atoms with Crippen molar-refractivity contribution < 1.29 is 19.2 Å². The maximum absolute atomic E-state index is 12.4. The maximum Gasteiger partial charge on any atom is 0.285 e. The van der Waals surface area contributed by atoms with Crippen LogP contribution < -0.4 is 20.9 Å². The molecule has 1 heterocycles. The third kappa shape index (κ3) is 5.32. The summed E-state index contributed by atoms with van der Waals surface area (Å²) in [5.74, 6) is -0.379. The van der Waals surface area contributed by atoms with E-state index >= 15 is 0 Å². The van der Waals surface area contributed by atoms with Crippen LogP contribution in [0.25, 0.3) is 0 Å². The number of hydrogen-bond acceptors (Lipinski definition) is 6. The Hall–Kier alpha value is -4.47. The van der Waals surface area contributed by atoms with E-state index in [9.17, 15) is 24.5 Å². The summed E-state index contributed by atoms with van der Waals surface area (Å²) in [5, 5.41) is 16.2. The van der Waals surface area contributed by atoms with Gasteiger partial charge in [0.2, 0.25) is 5.91 Å². The molecule has 0 saturated carbocycles. The average Bonchev–Trinajstić information content (AvgIpc) is 2.76. The summed E-state index contributed by atoms with van der Waals surface area (Å²) in [6.45, 7) is -0.392. The molecule has 3 aromatic rings. The topological polar surface area (TPSA) is 133 Å². The van der Waals surface area contributed by atoms with E-state index < -0.39 is 22.9 Å². The van der Waals surface area contributed by atoms with Crippen molar-refractivity contribution >= 4 is 28.9 Å². The molecule has 0 spiro atoms. The summed E-state index contributed by atoms with van der Waals surface area (Å²) in [6, 6.07) is 15.2. The lowest BCUT2D eigenvalue weighted by atomic mass is 10.2. The molecule has 158 valence electrons. The van der Waals surface area contributed by atoms with E-state index in [2.05, 4.69) is 10.6 Å². The number of hydrogen-bond donors (Lipinski definition) is 2. The number of para-hydroxylation sites is 2. The summed E-state index contributed by atoms with van der Waals surface area (Å²) < 4.78 is 6.15. The number of nitro groups is 1. The Morgan fingerprint density at radius 1 is 1.03 bits per heavy atom. The van der Waals surface area contributed by atoms with Gasteiger partial charge in [-0.3, -0.25) is 29.1 Å². The van der Waals surface area contributed by atoms with Crippen LogP contribution in [0, 0.1) is 10.1 Å². The SMILES string of the molecule is COc1ccccc1NC(=O)c1ccc(NC(=O)Cn2cc([N+](=O)[O-])ccc2=O)cc1. The minimum absolute atomic E-state index is 0.294. The second kappa shape index (κ2) is 9.35. The molecule has 0 unspecified atom stereocenters. The third-order valence-electron chi connectivity index (χ3n) is 4.28. The first-order valence-corrected chi connectivity index (χ1v) is 9.06. The van der Waals surface area contributed by atoms with Crippen LogP contribution in [0.4, 0.5) is 17.1 Å². The van der Waals surface area contributed by atoms with E-state index in [0.29, 0.717) is 22.7 Å². The van der Waals surface area contributed by atoms with Crippen molar-refractivity contribution in [3.05, 3.63) is 92.9 Å². The fourth-order valence-electron chi connectivity index (χ4n) is 2.75. The number of rotatable bonds is 7. The van der Waals surface area contributed by atoms with Gasteiger partial charge >= 0.3 is 0 Å². The number of nitrogens with zero attached hydrogens (tertiary/aromatic N) is 2. The number of amides is 2. The number of benzene rings is 2. The lowest BCUT2D eigenvalue weighted by molar-refractivity contribution is -0.385. The van der Waals surface area contributed by atoms with Crippen LogP contribution >= 0.6 is 0 Å². The standard InChI is InChI=1S/C21H18N4O6/c1-31-18-5-3-2-4-17(18)23-21(28)14-6-8-15(9-7-14)22-19(26)13-24-12-16(25(29)30)10-11-20(24)27/h2-12H,13H2,1H3,(H,22,26)(H,23,28). The van der Waals surface area contributed by atoms with E-state index in [4.69, 9.17) is 4.74 Å². The molecule has 10 nitrogen and oxygen atoms in total. The Morgan fingerprint density at radius 3 is 2.42 bits per heavy atom. The van der Waals surface area contributed by atoms with Crippen molar-refractivity contribution in [2.24, 2.45) is 0 Å². The lowest BCUT2D eigenvalue weighted by Crippen LogP contribution is -2.27. The van der Waals surface area contributed by atoms with Crippen molar-refractivity contribution in [1.82, 2.24) is 4.57 Å². The molecule has 0 saturated heterocycles. The molecular weight excluding hydrogens is 404 g/mol. The highest BCUT2D eigenvalue weighted by molar-refractivity contribution is 6.05. The first-order valence-electron chi connectivity index (χ1n) is 9.06. The molecule has 0 aliphatic carbocycles. The molecule has 0 radical (unpaired) electrons. The molecule has 0 fully saturated rings. The number of methoxy groups -OCH3 is 1. The highest BCUT2D eigenvalue weighted by atomic mass is 16.6. The number of aromatic nitrogens is 1. The summed E-state index contributed by atoms with van der Waals surface area (Å²) in [4.78, 5) is 46.6. The number of carbonyl (C=O) groups excluding carboxylic acids is 2. The van der Waals surface area contributed by atoms with Gasteiger partial charge in [-0.15, -0.1) is 0 Å². The summed E-state index contributed by atoms with van der Waals surface area (Å²) in [6.07, 6.45) is 1.01. The van der Waals surface area contributed by atoms with E-state index in [1.54, 1.807) is 24.3 Å². The van der Waals surface area contributed by atoms with Gasteiger partial charge in [-0.05, 0) is 36.4 Å². The largest absolute Gasteiger partial charge is 0.495 e. The average molecular weight is 422 g/mol. The van der Waals surface area contributed by atoms with Crippen LogP contribution in [0.1, 0.15) is 10.4 Å². The van der Waals surface area contributed by atoms with E-state index in [0.717, 1.165) is 22.9 Å². The van der Waals surface area contributed by atoms with Gasteiger partial charge in [0.15, 0.2) is 0 Å². The van der Waals surface area contributed by atoms with E-state index in [1.807, 2.05) is 0 Å². The quantitative estimate of drug-likeness (QED) is 0.444. The van der Waals surface area contributed by atoms with Crippen LogP contribution in [0.5, 0.6) is 5.75 Å². The highest BCUT2D eigenvalue weighted by Gasteiger charge is 2.12. The normalized spacial score (nSPS) is 10.2. The monoisotopic (exact) mass is 422 g/mol. The van der Waals surface area contributed by atoms with Gasteiger partial charge in [-0.2, -0.15) is 0 Å². The number of nitrogens with one attached hydrogen (secondary N) is 2. The van der Waals surface area contributed by atoms with Gasteiger partial charge < -0.3 is 15.4 Å². The Morgan fingerprint density at radius 2 is 1.74 bits per heavy atom. The highest BCUT2D eigenvalue weighted by Crippen LogP contribution is 2.23. The fourth-order valence-corrected chi connectivity index (χ4v) is 2.75. The third-order valence-corrected chi connectivity index (χ3v) is 4.28. The van der Waals surface area contributed by atoms with Gasteiger partial charge in [-0.1, -0.05) is 12.1 Å². The van der Waals surface area contributed by atoms with Crippen LogP contribution in [0.15, 0.2) is 71.7 Å². The fraction of sp³-hybridized carbons (Fsp3) is 0.0952. The van der Waals surface area contributed by atoms with Crippen LogP contribution in [0.2, 0.25) is 0 Å².